The minimum Gasteiger partial charge on any atom is -0.487 e. The largest absolute Gasteiger partial charge is 0.487 e. The molecule has 0 amide bonds. The van der Waals surface area contributed by atoms with E-state index < -0.39 is 0 Å². The smallest absolute Gasteiger partial charge is 0.143 e. The van der Waals surface area contributed by atoms with E-state index in [9.17, 15) is 0 Å². The summed E-state index contributed by atoms with van der Waals surface area (Å²) in [6.45, 7) is 2.84. The monoisotopic (exact) mass is 439 g/mol. The summed E-state index contributed by atoms with van der Waals surface area (Å²) in [7, 11) is 0. The summed E-state index contributed by atoms with van der Waals surface area (Å²) in [6.07, 6.45) is 0. The summed E-state index contributed by atoms with van der Waals surface area (Å²) < 4.78 is 5.99. The molecule has 3 aromatic carbocycles. The van der Waals surface area contributed by atoms with E-state index in [0.717, 1.165) is 22.4 Å². The van der Waals surface area contributed by atoms with Crippen LogP contribution in [0.25, 0.3) is 0 Å². The Bertz CT molecular complexity index is 942. The van der Waals surface area contributed by atoms with Crippen molar-refractivity contribution in [3.63, 3.8) is 0 Å². The lowest BCUT2D eigenvalue weighted by molar-refractivity contribution is 0.303. The molecule has 0 aliphatic heterocycles. The molecule has 0 aliphatic carbocycles. The maximum absolute atomic E-state index is 6.38. The highest BCUT2D eigenvalue weighted by Gasteiger charge is 2.12. The van der Waals surface area contributed by atoms with Crippen molar-refractivity contribution in [2.75, 3.05) is 5.32 Å². The van der Waals surface area contributed by atoms with E-state index in [1.807, 2.05) is 55.5 Å². The van der Waals surface area contributed by atoms with Crippen LogP contribution in [0.3, 0.4) is 0 Å². The first-order chi connectivity index (χ1) is 12.9. The minimum atomic E-state index is 0.377. The molecular weight excluding hydrogens is 424 g/mol. The van der Waals surface area contributed by atoms with E-state index in [0.29, 0.717) is 39.0 Å². The Hall–Kier alpha value is -1.58. The van der Waals surface area contributed by atoms with Gasteiger partial charge >= 0.3 is 0 Å². The van der Waals surface area contributed by atoms with Gasteiger partial charge in [0.15, 0.2) is 0 Å². The van der Waals surface area contributed by atoms with Gasteiger partial charge in [-0.2, -0.15) is 0 Å². The Morgan fingerprint density at radius 2 is 1.59 bits per heavy atom. The molecule has 0 unspecified atom stereocenters. The number of anilines is 1. The molecule has 0 saturated heterocycles. The second-order valence-corrected chi connectivity index (χ2v) is 7.74. The number of nitrogens with one attached hydrogen (secondary N) is 1. The van der Waals surface area contributed by atoms with E-state index in [1.165, 1.54) is 0 Å². The highest BCUT2D eigenvalue weighted by atomic mass is 35.5. The molecule has 0 spiro atoms. The Labute approximate surface area is 179 Å². The van der Waals surface area contributed by atoms with Crippen LogP contribution in [-0.2, 0) is 13.2 Å². The summed E-state index contributed by atoms with van der Waals surface area (Å²) in [5, 5.41) is 5.79. The first-order valence-electron chi connectivity index (χ1n) is 8.28. The normalized spacial score (nSPS) is 10.7. The lowest BCUT2D eigenvalue weighted by Gasteiger charge is -2.16. The van der Waals surface area contributed by atoms with E-state index >= 15 is 0 Å². The standard InChI is InChI=1S/C21H17Cl4NO/c1-13-18(24)3-2-4-20(13)26-11-15-9-17(23)10-19(25)21(15)27-12-14-5-7-16(22)8-6-14/h2-10,26H,11-12H2,1H3. The molecule has 2 nitrogen and oxygen atoms in total. The maximum atomic E-state index is 6.38. The zero-order valence-corrected chi connectivity index (χ0v) is 17.6. The van der Waals surface area contributed by atoms with Crippen molar-refractivity contribution in [3.05, 3.63) is 91.4 Å². The van der Waals surface area contributed by atoms with Gasteiger partial charge < -0.3 is 10.1 Å². The lowest BCUT2D eigenvalue weighted by Crippen LogP contribution is -2.05. The van der Waals surface area contributed by atoms with Gasteiger partial charge in [-0.25, -0.2) is 0 Å². The fraction of sp³-hybridized carbons (Fsp3) is 0.143. The molecule has 0 radical (unpaired) electrons. The van der Waals surface area contributed by atoms with Crippen molar-refractivity contribution in [3.8, 4) is 5.75 Å². The second-order valence-electron chi connectivity index (χ2n) is 6.06. The molecule has 0 aliphatic rings. The molecule has 0 saturated carbocycles. The van der Waals surface area contributed by atoms with Gasteiger partial charge in [0, 0.05) is 32.9 Å². The molecule has 3 rings (SSSR count). The Morgan fingerprint density at radius 3 is 2.33 bits per heavy atom. The van der Waals surface area contributed by atoms with Gasteiger partial charge in [-0.1, -0.05) is 64.6 Å². The van der Waals surface area contributed by atoms with Gasteiger partial charge in [-0.15, -0.1) is 0 Å². The summed E-state index contributed by atoms with van der Waals surface area (Å²) in [6, 6.07) is 16.7. The van der Waals surface area contributed by atoms with E-state index in [4.69, 9.17) is 51.1 Å². The maximum Gasteiger partial charge on any atom is 0.143 e. The van der Waals surface area contributed by atoms with Crippen LogP contribution < -0.4 is 10.1 Å². The third-order valence-corrected chi connectivity index (χ3v) is 5.28. The van der Waals surface area contributed by atoms with Crippen LogP contribution in [0.2, 0.25) is 20.1 Å². The first kappa shape index (κ1) is 20.2. The molecule has 27 heavy (non-hydrogen) atoms. The molecule has 0 fully saturated rings. The van der Waals surface area contributed by atoms with Crippen molar-refractivity contribution in [2.45, 2.75) is 20.1 Å². The number of benzene rings is 3. The van der Waals surface area contributed by atoms with Crippen molar-refractivity contribution in [1.82, 2.24) is 0 Å². The van der Waals surface area contributed by atoms with Crippen molar-refractivity contribution < 1.29 is 4.74 Å². The Balaban J connectivity index is 1.79. The Kier molecular flexibility index (Phi) is 6.78. The Morgan fingerprint density at radius 1 is 0.852 bits per heavy atom. The van der Waals surface area contributed by atoms with Gasteiger partial charge in [-0.3, -0.25) is 0 Å². The lowest BCUT2D eigenvalue weighted by atomic mass is 10.1. The number of rotatable bonds is 6. The molecule has 3 aromatic rings. The summed E-state index contributed by atoms with van der Waals surface area (Å²) >= 11 is 24.7. The molecular formula is C21H17Cl4NO. The van der Waals surface area contributed by atoms with Gasteiger partial charge in [0.1, 0.15) is 12.4 Å². The van der Waals surface area contributed by atoms with E-state index in [2.05, 4.69) is 5.32 Å². The van der Waals surface area contributed by atoms with Crippen LogP contribution in [0.1, 0.15) is 16.7 Å². The van der Waals surface area contributed by atoms with Crippen LogP contribution in [-0.4, -0.2) is 0 Å². The van der Waals surface area contributed by atoms with Crippen molar-refractivity contribution in [2.24, 2.45) is 0 Å². The number of ether oxygens (including phenoxy) is 1. The van der Waals surface area contributed by atoms with Crippen LogP contribution >= 0.6 is 46.4 Å². The average molecular weight is 441 g/mol. The predicted octanol–water partition coefficient (Wildman–Crippen LogP) is 7.80. The van der Waals surface area contributed by atoms with Gasteiger partial charge in [-0.05, 0) is 54.4 Å². The molecule has 0 bridgehead atoms. The average Bonchev–Trinajstić information content (AvgIpc) is 2.63. The van der Waals surface area contributed by atoms with Gasteiger partial charge in [0.05, 0.1) is 5.02 Å². The van der Waals surface area contributed by atoms with Crippen LogP contribution in [0.4, 0.5) is 5.69 Å². The van der Waals surface area contributed by atoms with Crippen LogP contribution in [0.15, 0.2) is 54.6 Å². The molecule has 0 atom stereocenters. The van der Waals surface area contributed by atoms with Crippen LogP contribution in [0.5, 0.6) is 5.75 Å². The first-order valence-corrected chi connectivity index (χ1v) is 9.79. The van der Waals surface area contributed by atoms with Gasteiger partial charge in [0.25, 0.3) is 0 Å². The highest BCUT2D eigenvalue weighted by molar-refractivity contribution is 6.35. The van der Waals surface area contributed by atoms with Gasteiger partial charge in [0.2, 0.25) is 0 Å². The molecule has 140 valence electrons. The number of hydrogen-bond donors (Lipinski definition) is 1. The quantitative estimate of drug-likeness (QED) is 0.422. The summed E-state index contributed by atoms with van der Waals surface area (Å²) in [5.41, 5.74) is 3.79. The van der Waals surface area contributed by atoms with Crippen molar-refractivity contribution in [1.29, 1.82) is 0 Å². The third-order valence-electron chi connectivity index (χ3n) is 4.12. The number of hydrogen-bond acceptors (Lipinski definition) is 2. The predicted molar refractivity (Wildman–Crippen MR) is 116 cm³/mol. The van der Waals surface area contributed by atoms with Crippen molar-refractivity contribution >= 4 is 52.1 Å². The molecule has 0 aromatic heterocycles. The molecule has 0 heterocycles. The summed E-state index contributed by atoms with van der Waals surface area (Å²) in [5.74, 6) is 0.600. The fourth-order valence-corrected chi connectivity index (χ4v) is 3.52. The molecule has 1 N–H and O–H groups in total. The van der Waals surface area contributed by atoms with Crippen LogP contribution in [0, 0.1) is 6.92 Å². The third kappa shape index (κ3) is 5.24. The second kappa shape index (κ2) is 9.07. The zero-order valence-electron chi connectivity index (χ0n) is 14.5. The zero-order chi connectivity index (χ0) is 19.4. The highest BCUT2D eigenvalue weighted by Crippen LogP contribution is 2.34. The summed E-state index contributed by atoms with van der Waals surface area (Å²) in [4.78, 5) is 0. The minimum absolute atomic E-state index is 0.377. The van der Waals surface area contributed by atoms with E-state index in [1.54, 1.807) is 6.07 Å². The fourth-order valence-electron chi connectivity index (χ4n) is 2.63. The SMILES string of the molecule is Cc1c(Cl)cccc1NCc1cc(Cl)cc(Cl)c1OCc1ccc(Cl)cc1. The molecule has 6 heteroatoms. The number of halogens is 4. The topological polar surface area (TPSA) is 21.3 Å². The van der Waals surface area contributed by atoms with E-state index in [-0.39, 0.29) is 0 Å².